The Labute approximate surface area is 168 Å². The Hall–Kier alpha value is -3.23. The van der Waals surface area contributed by atoms with Crippen LogP contribution in [0.5, 0.6) is 5.75 Å². The number of benzene rings is 3. The van der Waals surface area contributed by atoms with Crippen LogP contribution in [-0.2, 0) is 16.4 Å². The van der Waals surface area contributed by atoms with E-state index in [1.807, 2.05) is 30.3 Å². The molecule has 0 unspecified atom stereocenters. The number of nitrogens with zero attached hydrogens (tertiary/aromatic N) is 2. The molecular formula is C21H19N3O4S. The zero-order chi connectivity index (χ0) is 20.3. The number of ether oxygens (including phenoxy) is 1. The summed E-state index contributed by atoms with van der Waals surface area (Å²) in [4.78, 5) is 4.39. The summed E-state index contributed by atoms with van der Waals surface area (Å²) in [6.07, 6.45) is 1.29. The zero-order valence-corrected chi connectivity index (χ0v) is 16.3. The van der Waals surface area contributed by atoms with Gasteiger partial charge in [-0.3, -0.25) is 0 Å². The average molecular weight is 409 g/mol. The summed E-state index contributed by atoms with van der Waals surface area (Å²) in [5.41, 5.74) is 0.652. The molecule has 0 bridgehead atoms. The second-order valence-corrected chi connectivity index (χ2v) is 8.07. The van der Waals surface area contributed by atoms with Crippen molar-refractivity contribution in [1.82, 2.24) is 10.1 Å². The highest BCUT2D eigenvalue weighted by Crippen LogP contribution is 2.25. The SMILES string of the molecule is NS(=O)(=O)c1ccc(-c2noc(CCCOc3cccc4ccccc34)n2)cc1. The number of nitrogens with two attached hydrogens (primary N) is 1. The van der Waals surface area contributed by atoms with Crippen molar-refractivity contribution in [3.8, 4) is 17.1 Å². The maximum Gasteiger partial charge on any atom is 0.238 e. The van der Waals surface area contributed by atoms with Gasteiger partial charge in [-0.1, -0.05) is 41.6 Å². The van der Waals surface area contributed by atoms with Gasteiger partial charge in [0.15, 0.2) is 0 Å². The topological polar surface area (TPSA) is 108 Å². The van der Waals surface area contributed by atoms with Gasteiger partial charge in [0.05, 0.1) is 11.5 Å². The van der Waals surface area contributed by atoms with Crippen molar-refractivity contribution in [2.75, 3.05) is 6.61 Å². The average Bonchev–Trinajstić information content (AvgIpc) is 3.20. The minimum Gasteiger partial charge on any atom is -0.493 e. The van der Waals surface area contributed by atoms with E-state index in [1.54, 1.807) is 12.1 Å². The van der Waals surface area contributed by atoms with Crippen LogP contribution in [0.3, 0.4) is 0 Å². The Morgan fingerprint density at radius 3 is 2.52 bits per heavy atom. The Bertz CT molecular complexity index is 1230. The largest absolute Gasteiger partial charge is 0.493 e. The van der Waals surface area contributed by atoms with Crippen LogP contribution in [-0.4, -0.2) is 25.2 Å². The molecule has 0 fully saturated rings. The van der Waals surface area contributed by atoms with Crippen molar-refractivity contribution in [3.05, 3.63) is 72.6 Å². The molecule has 148 valence electrons. The summed E-state index contributed by atoms with van der Waals surface area (Å²) < 4.78 is 33.8. The maximum absolute atomic E-state index is 11.3. The first kappa shape index (κ1) is 19.1. The van der Waals surface area contributed by atoms with Gasteiger partial charge in [-0.15, -0.1) is 0 Å². The number of aromatic nitrogens is 2. The van der Waals surface area contributed by atoms with Crippen LogP contribution in [0, 0.1) is 0 Å². The molecule has 0 amide bonds. The maximum atomic E-state index is 11.3. The molecular weight excluding hydrogens is 390 g/mol. The number of fused-ring (bicyclic) bond motifs is 1. The first-order chi connectivity index (χ1) is 14.0. The number of hydrogen-bond donors (Lipinski definition) is 1. The summed E-state index contributed by atoms with van der Waals surface area (Å²) in [7, 11) is -3.73. The fourth-order valence-corrected chi connectivity index (χ4v) is 3.51. The second-order valence-electron chi connectivity index (χ2n) is 6.51. The molecule has 0 aliphatic heterocycles. The number of rotatable bonds is 7. The van der Waals surface area contributed by atoms with Gasteiger partial charge in [-0.25, -0.2) is 13.6 Å². The van der Waals surface area contributed by atoms with Gasteiger partial charge in [0.25, 0.3) is 0 Å². The molecule has 4 aromatic rings. The van der Waals surface area contributed by atoms with E-state index < -0.39 is 10.0 Å². The standard InChI is InChI=1S/C21H19N3O4S/c22-29(25,26)17-12-10-16(11-13-17)21-23-20(28-24-21)9-4-14-27-19-8-3-6-15-5-1-2-7-18(15)19/h1-3,5-8,10-13H,4,9,14H2,(H2,22,25,26). The van der Waals surface area contributed by atoms with E-state index >= 15 is 0 Å². The van der Waals surface area contributed by atoms with Gasteiger partial charge in [0.2, 0.25) is 21.7 Å². The lowest BCUT2D eigenvalue weighted by molar-refractivity contribution is 0.301. The van der Waals surface area contributed by atoms with Crippen molar-refractivity contribution in [1.29, 1.82) is 0 Å². The van der Waals surface area contributed by atoms with Gasteiger partial charge >= 0.3 is 0 Å². The normalized spacial score (nSPS) is 11.6. The van der Waals surface area contributed by atoms with Gasteiger partial charge in [-0.05, 0) is 42.1 Å². The summed E-state index contributed by atoms with van der Waals surface area (Å²) in [5.74, 6) is 1.75. The molecule has 2 N–H and O–H groups in total. The van der Waals surface area contributed by atoms with E-state index in [0.717, 1.165) is 22.9 Å². The third kappa shape index (κ3) is 4.44. The molecule has 1 heterocycles. The number of hydrogen-bond acceptors (Lipinski definition) is 6. The highest BCUT2D eigenvalue weighted by Gasteiger charge is 2.11. The first-order valence-corrected chi connectivity index (χ1v) is 10.6. The highest BCUT2D eigenvalue weighted by atomic mass is 32.2. The lowest BCUT2D eigenvalue weighted by Crippen LogP contribution is -2.11. The molecule has 8 heteroatoms. The molecule has 0 saturated carbocycles. The highest BCUT2D eigenvalue weighted by molar-refractivity contribution is 7.89. The number of sulfonamides is 1. The van der Waals surface area contributed by atoms with Crippen LogP contribution in [0.4, 0.5) is 0 Å². The molecule has 7 nitrogen and oxygen atoms in total. The minimum atomic E-state index is -3.73. The predicted molar refractivity (Wildman–Crippen MR) is 109 cm³/mol. The van der Waals surface area contributed by atoms with Crippen LogP contribution in [0.25, 0.3) is 22.2 Å². The molecule has 1 aromatic heterocycles. The van der Waals surface area contributed by atoms with Gasteiger partial charge in [-0.2, -0.15) is 4.98 Å². The Morgan fingerprint density at radius 2 is 1.72 bits per heavy atom. The van der Waals surface area contributed by atoms with Crippen molar-refractivity contribution in [2.24, 2.45) is 5.14 Å². The van der Waals surface area contributed by atoms with Crippen molar-refractivity contribution < 1.29 is 17.7 Å². The molecule has 0 radical (unpaired) electrons. The summed E-state index contributed by atoms with van der Waals surface area (Å²) >= 11 is 0. The van der Waals surface area contributed by atoms with Crippen LogP contribution >= 0.6 is 0 Å². The predicted octanol–water partition coefficient (Wildman–Crippen LogP) is 3.55. The lowest BCUT2D eigenvalue weighted by Gasteiger charge is -2.08. The van der Waals surface area contributed by atoms with E-state index in [1.165, 1.54) is 12.1 Å². The second kappa shape index (κ2) is 8.02. The van der Waals surface area contributed by atoms with Gasteiger partial charge in [0.1, 0.15) is 5.75 Å². The Morgan fingerprint density at radius 1 is 0.966 bits per heavy atom. The molecule has 29 heavy (non-hydrogen) atoms. The van der Waals surface area contributed by atoms with E-state index in [4.69, 9.17) is 14.4 Å². The number of aryl methyl sites for hydroxylation is 1. The molecule has 0 saturated heterocycles. The smallest absolute Gasteiger partial charge is 0.238 e. The fraction of sp³-hybridized carbons (Fsp3) is 0.143. The van der Waals surface area contributed by atoms with E-state index in [-0.39, 0.29) is 4.90 Å². The third-order valence-electron chi connectivity index (χ3n) is 4.45. The van der Waals surface area contributed by atoms with Crippen LogP contribution in [0.2, 0.25) is 0 Å². The molecule has 0 atom stereocenters. The van der Waals surface area contributed by atoms with Crippen LogP contribution in [0.1, 0.15) is 12.3 Å². The Kier molecular flexibility index (Phi) is 5.28. The van der Waals surface area contributed by atoms with Crippen LogP contribution < -0.4 is 9.88 Å². The van der Waals surface area contributed by atoms with Crippen LogP contribution in [0.15, 0.2) is 76.1 Å². The summed E-state index contributed by atoms with van der Waals surface area (Å²) in [6.45, 7) is 0.523. The summed E-state index contributed by atoms with van der Waals surface area (Å²) in [5, 5.41) is 11.3. The molecule has 4 rings (SSSR count). The van der Waals surface area contributed by atoms with E-state index in [9.17, 15) is 8.42 Å². The summed E-state index contributed by atoms with van der Waals surface area (Å²) in [6, 6.07) is 20.1. The molecule has 3 aromatic carbocycles. The molecule has 0 aliphatic rings. The quantitative estimate of drug-likeness (QED) is 0.468. The van der Waals surface area contributed by atoms with Gasteiger partial charge in [0, 0.05) is 17.4 Å². The van der Waals surface area contributed by atoms with E-state index in [2.05, 4.69) is 22.3 Å². The lowest BCUT2D eigenvalue weighted by atomic mass is 10.1. The monoisotopic (exact) mass is 409 g/mol. The fourth-order valence-electron chi connectivity index (χ4n) is 2.99. The van der Waals surface area contributed by atoms with Gasteiger partial charge < -0.3 is 9.26 Å². The minimum absolute atomic E-state index is 0.0375. The third-order valence-corrected chi connectivity index (χ3v) is 5.38. The first-order valence-electron chi connectivity index (χ1n) is 9.07. The van der Waals surface area contributed by atoms with Crippen molar-refractivity contribution in [3.63, 3.8) is 0 Å². The van der Waals surface area contributed by atoms with Crippen molar-refractivity contribution in [2.45, 2.75) is 17.7 Å². The zero-order valence-electron chi connectivity index (χ0n) is 15.5. The van der Waals surface area contributed by atoms with E-state index in [0.29, 0.717) is 30.3 Å². The molecule has 0 spiro atoms. The Balaban J connectivity index is 1.35. The van der Waals surface area contributed by atoms with Crippen molar-refractivity contribution >= 4 is 20.8 Å². The molecule has 0 aliphatic carbocycles. The number of primary sulfonamides is 1.